The zero-order chi connectivity index (χ0) is 17.5. The number of benzene rings is 2. The Kier molecular flexibility index (Phi) is 6.44. The zero-order valence-electron chi connectivity index (χ0n) is 13.7. The summed E-state index contributed by atoms with van der Waals surface area (Å²) in [5.41, 5.74) is 1.75. The van der Waals surface area contributed by atoms with Crippen molar-refractivity contribution in [1.29, 1.82) is 0 Å². The molecule has 128 valence electrons. The van der Waals surface area contributed by atoms with Crippen LogP contribution in [0.2, 0.25) is 5.02 Å². The quantitative estimate of drug-likeness (QED) is 0.859. The summed E-state index contributed by atoms with van der Waals surface area (Å²) in [6.45, 7) is 0.810. The molecule has 0 bridgehead atoms. The number of carbonyl (C=O) groups is 1. The van der Waals surface area contributed by atoms with Crippen LogP contribution in [-0.4, -0.2) is 31.6 Å². The smallest absolute Gasteiger partial charge is 0.317 e. The molecule has 4 nitrogen and oxygen atoms in total. The van der Waals surface area contributed by atoms with E-state index in [1.165, 1.54) is 18.1 Å². The van der Waals surface area contributed by atoms with E-state index in [-0.39, 0.29) is 11.8 Å². The predicted molar refractivity (Wildman–Crippen MR) is 93.0 cm³/mol. The van der Waals surface area contributed by atoms with Gasteiger partial charge >= 0.3 is 6.03 Å². The fourth-order valence-corrected chi connectivity index (χ4v) is 2.51. The van der Waals surface area contributed by atoms with Gasteiger partial charge in [0.15, 0.2) is 11.6 Å². The highest BCUT2D eigenvalue weighted by atomic mass is 35.5. The fourth-order valence-electron chi connectivity index (χ4n) is 2.30. The van der Waals surface area contributed by atoms with Gasteiger partial charge in [0.25, 0.3) is 0 Å². The Morgan fingerprint density at radius 1 is 1.25 bits per heavy atom. The van der Waals surface area contributed by atoms with Gasteiger partial charge in [0.1, 0.15) is 0 Å². The Hall–Kier alpha value is -2.27. The third kappa shape index (κ3) is 5.13. The largest absolute Gasteiger partial charge is 0.494 e. The molecule has 0 atom stereocenters. The Labute approximate surface area is 146 Å². The van der Waals surface area contributed by atoms with Crippen molar-refractivity contribution in [2.45, 2.75) is 13.0 Å². The van der Waals surface area contributed by atoms with Gasteiger partial charge in [-0.25, -0.2) is 9.18 Å². The highest BCUT2D eigenvalue weighted by Gasteiger charge is 2.10. The molecule has 24 heavy (non-hydrogen) atoms. The second-order valence-electron chi connectivity index (χ2n) is 5.44. The molecule has 2 aromatic carbocycles. The molecule has 2 rings (SSSR count). The molecule has 2 amide bonds. The highest BCUT2D eigenvalue weighted by Crippen LogP contribution is 2.18. The SMILES string of the molecule is COc1ccc(CN(C)C(=O)NCCc2cccc(Cl)c2)cc1F. The maximum Gasteiger partial charge on any atom is 0.317 e. The molecule has 6 heteroatoms. The summed E-state index contributed by atoms with van der Waals surface area (Å²) >= 11 is 5.93. The first-order chi connectivity index (χ1) is 11.5. The molecule has 0 fully saturated rings. The van der Waals surface area contributed by atoms with Gasteiger partial charge in [-0.3, -0.25) is 0 Å². The molecule has 0 spiro atoms. The first-order valence-electron chi connectivity index (χ1n) is 7.55. The average Bonchev–Trinajstić information content (AvgIpc) is 2.55. The highest BCUT2D eigenvalue weighted by molar-refractivity contribution is 6.30. The lowest BCUT2D eigenvalue weighted by Crippen LogP contribution is -2.37. The number of methoxy groups -OCH3 is 1. The molecule has 0 aliphatic heterocycles. The van der Waals surface area contributed by atoms with Crippen molar-refractivity contribution in [1.82, 2.24) is 10.2 Å². The number of amides is 2. The van der Waals surface area contributed by atoms with Crippen LogP contribution in [0.25, 0.3) is 0 Å². The molecule has 0 radical (unpaired) electrons. The summed E-state index contributed by atoms with van der Waals surface area (Å²) in [5, 5.41) is 3.51. The van der Waals surface area contributed by atoms with Crippen LogP contribution in [-0.2, 0) is 13.0 Å². The van der Waals surface area contributed by atoms with E-state index in [4.69, 9.17) is 16.3 Å². The molecule has 2 aromatic rings. The maximum absolute atomic E-state index is 13.7. The number of rotatable bonds is 6. The summed E-state index contributed by atoms with van der Waals surface area (Å²) in [7, 11) is 3.08. The Morgan fingerprint density at radius 3 is 2.71 bits per heavy atom. The number of carbonyl (C=O) groups excluding carboxylic acids is 1. The van der Waals surface area contributed by atoms with Crippen LogP contribution >= 0.6 is 11.6 Å². The average molecular weight is 351 g/mol. The number of hydrogen-bond acceptors (Lipinski definition) is 2. The summed E-state index contributed by atoms with van der Waals surface area (Å²) in [6, 6.07) is 12.0. The molecule has 0 saturated carbocycles. The third-order valence-electron chi connectivity index (χ3n) is 3.56. The van der Waals surface area contributed by atoms with Crippen molar-refractivity contribution in [3.8, 4) is 5.75 Å². The molecule has 0 heterocycles. The standard InChI is InChI=1S/C18H20ClFN2O2/c1-22(12-14-6-7-17(24-2)16(20)11-14)18(23)21-9-8-13-4-3-5-15(19)10-13/h3-7,10-11H,8-9,12H2,1-2H3,(H,21,23). The predicted octanol–water partition coefficient (Wildman–Crippen LogP) is 3.87. The van der Waals surface area contributed by atoms with E-state index in [2.05, 4.69) is 5.32 Å². The number of nitrogens with zero attached hydrogens (tertiary/aromatic N) is 1. The summed E-state index contributed by atoms with van der Waals surface area (Å²) < 4.78 is 18.5. The van der Waals surface area contributed by atoms with Gasteiger partial charge in [-0.05, 0) is 41.8 Å². The Bertz CT molecular complexity index is 709. The monoisotopic (exact) mass is 350 g/mol. The van der Waals surface area contributed by atoms with Gasteiger partial charge in [-0.2, -0.15) is 0 Å². The van der Waals surface area contributed by atoms with Gasteiger partial charge in [0, 0.05) is 25.2 Å². The first kappa shape index (κ1) is 18.1. The van der Waals surface area contributed by atoms with E-state index in [9.17, 15) is 9.18 Å². The summed E-state index contributed by atoms with van der Waals surface area (Å²) in [6.07, 6.45) is 0.692. The Morgan fingerprint density at radius 2 is 2.04 bits per heavy atom. The minimum atomic E-state index is -0.440. The minimum absolute atomic E-state index is 0.187. The summed E-state index contributed by atoms with van der Waals surface area (Å²) in [4.78, 5) is 13.6. The van der Waals surface area contributed by atoms with Crippen molar-refractivity contribution in [2.75, 3.05) is 20.7 Å². The van der Waals surface area contributed by atoms with E-state index < -0.39 is 5.82 Å². The second kappa shape index (κ2) is 8.55. The van der Waals surface area contributed by atoms with Crippen molar-refractivity contribution >= 4 is 17.6 Å². The van der Waals surface area contributed by atoms with E-state index in [0.717, 1.165) is 5.56 Å². The van der Waals surface area contributed by atoms with Gasteiger partial charge < -0.3 is 15.0 Å². The number of urea groups is 1. The summed E-state index contributed by atoms with van der Waals surface area (Å²) in [5.74, 6) is -0.253. The molecule has 0 aliphatic carbocycles. The lowest BCUT2D eigenvalue weighted by atomic mass is 10.1. The molecule has 0 unspecified atom stereocenters. The molecule has 0 aliphatic rings. The van der Waals surface area contributed by atoms with Crippen molar-refractivity contribution in [2.24, 2.45) is 0 Å². The van der Waals surface area contributed by atoms with Gasteiger partial charge in [0.2, 0.25) is 0 Å². The topological polar surface area (TPSA) is 41.6 Å². The van der Waals surface area contributed by atoms with E-state index in [1.54, 1.807) is 19.2 Å². The van der Waals surface area contributed by atoms with E-state index in [1.807, 2.05) is 24.3 Å². The molecule has 1 N–H and O–H groups in total. The fraction of sp³-hybridized carbons (Fsp3) is 0.278. The van der Waals surface area contributed by atoms with Crippen LogP contribution in [0.1, 0.15) is 11.1 Å². The maximum atomic E-state index is 13.7. The van der Waals surface area contributed by atoms with Crippen LogP contribution < -0.4 is 10.1 Å². The molecule has 0 saturated heterocycles. The second-order valence-corrected chi connectivity index (χ2v) is 5.87. The van der Waals surface area contributed by atoms with Crippen molar-refractivity contribution in [3.05, 3.63) is 64.4 Å². The molecular weight excluding hydrogens is 331 g/mol. The van der Waals surface area contributed by atoms with Crippen LogP contribution in [0.4, 0.5) is 9.18 Å². The van der Waals surface area contributed by atoms with Crippen molar-refractivity contribution in [3.63, 3.8) is 0 Å². The lowest BCUT2D eigenvalue weighted by molar-refractivity contribution is 0.207. The van der Waals surface area contributed by atoms with Crippen LogP contribution in [0.15, 0.2) is 42.5 Å². The van der Waals surface area contributed by atoms with Crippen LogP contribution in [0.5, 0.6) is 5.75 Å². The zero-order valence-corrected chi connectivity index (χ0v) is 14.4. The van der Waals surface area contributed by atoms with Gasteiger partial charge in [-0.15, -0.1) is 0 Å². The first-order valence-corrected chi connectivity index (χ1v) is 7.93. The number of halogens is 2. The van der Waals surface area contributed by atoms with Gasteiger partial charge in [-0.1, -0.05) is 29.8 Å². The van der Waals surface area contributed by atoms with E-state index >= 15 is 0 Å². The van der Waals surface area contributed by atoms with E-state index in [0.29, 0.717) is 30.1 Å². The van der Waals surface area contributed by atoms with Crippen molar-refractivity contribution < 1.29 is 13.9 Å². The normalized spacial score (nSPS) is 10.3. The number of ether oxygens (including phenoxy) is 1. The lowest BCUT2D eigenvalue weighted by Gasteiger charge is -2.18. The number of nitrogens with one attached hydrogen (secondary N) is 1. The third-order valence-corrected chi connectivity index (χ3v) is 3.80. The van der Waals surface area contributed by atoms with Crippen LogP contribution in [0, 0.1) is 5.82 Å². The molecule has 0 aromatic heterocycles. The Balaban J connectivity index is 1.82. The van der Waals surface area contributed by atoms with Crippen LogP contribution in [0.3, 0.4) is 0 Å². The minimum Gasteiger partial charge on any atom is -0.494 e. The van der Waals surface area contributed by atoms with Gasteiger partial charge in [0.05, 0.1) is 7.11 Å². The molecular formula is C18H20ClFN2O2. The number of hydrogen-bond donors (Lipinski definition) is 1.